The predicted octanol–water partition coefficient (Wildman–Crippen LogP) is 3.18. The molecule has 1 spiro atoms. The molecule has 0 aromatic heterocycles. The number of hydrogen-bond donors (Lipinski definition) is 2. The van der Waals surface area contributed by atoms with E-state index in [9.17, 15) is 19.1 Å². The van der Waals surface area contributed by atoms with Crippen molar-refractivity contribution in [3.05, 3.63) is 59.7 Å². The lowest BCUT2D eigenvalue weighted by molar-refractivity contribution is -0.158. The minimum Gasteiger partial charge on any atom is -0.480 e. The summed E-state index contributed by atoms with van der Waals surface area (Å²) in [5.41, 5.74) is 1.31. The Morgan fingerprint density at radius 2 is 1.71 bits per heavy atom. The van der Waals surface area contributed by atoms with Crippen LogP contribution in [-0.2, 0) is 20.1 Å². The number of carbonyl (C=O) groups excluding carboxylic acids is 1. The van der Waals surface area contributed by atoms with Crippen molar-refractivity contribution in [3.63, 3.8) is 0 Å². The number of nitrogens with one attached hydrogen (secondary N) is 1. The minimum absolute atomic E-state index is 0.0652. The molecule has 2 heterocycles. The Kier molecular flexibility index (Phi) is 4.52. The van der Waals surface area contributed by atoms with Crippen LogP contribution >= 0.6 is 0 Å². The molecule has 0 unspecified atom stereocenters. The van der Waals surface area contributed by atoms with Crippen LogP contribution in [0.4, 0.5) is 9.18 Å². The summed E-state index contributed by atoms with van der Waals surface area (Å²) in [6.45, 7) is 1.63. The van der Waals surface area contributed by atoms with E-state index in [1.165, 1.54) is 0 Å². The van der Waals surface area contributed by atoms with Gasteiger partial charge in [-0.3, -0.25) is 0 Å². The molecule has 2 N–H and O–H groups in total. The van der Waals surface area contributed by atoms with Crippen molar-refractivity contribution >= 4 is 12.1 Å². The monoisotopic (exact) mass is 387 g/mol. The molecule has 0 radical (unpaired) electrons. The lowest BCUT2D eigenvalue weighted by Gasteiger charge is -2.36. The molecule has 0 bridgehead atoms. The first-order valence-electron chi connectivity index (χ1n) is 8.80. The second-order valence-corrected chi connectivity index (χ2v) is 6.77. The van der Waals surface area contributed by atoms with Crippen LogP contribution in [0.1, 0.15) is 18.1 Å². The van der Waals surface area contributed by atoms with Crippen molar-refractivity contribution < 1.29 is 33.3 Å². The fraction of sp³-hybridized carbons (Fsp3) is 0.300. The summed E-state index contributed by atoms with van der Waals surface area (Å²) in [5.74, 6) is -2.23. The minimum atomic E-state index is -1.91. The smallest absolute Gasteiger partial charge is 0.398 e. The molecule has 2 aliphatic rings. The van der Waals surface area contributed by atoms with E-state index < -0.39 is 36.0 Å². The summed E-state index contributed by atoms with van der Waals surface area (Å²) in [6, 6.07) is 13.1. The van der Waals surface area contributed by atoms with Crippen LogP contribution in [0.15, 0.2) is 48.5 Å². The van der Waals surface area contributed by atoms with E-state index >= 15 is 0 Å². The fourth-order valence-corrected chi connectivity index (χ4v) is 3.70. The summed E-state index contributed by atoms with van der Waals surface area (Å²) in [4.78, 5) is 22.3. The summed E-state index contributed by atoms with van der Waals surface area (Å²) < 4.78 is 31.1. The molecule has 3 atom stereocenters. The van der Waals surface area contributed by atoms with Gasteiger partial charge >= 0.3 is 12.1 Å². The second kappa shape index (κ2) is 6.88. The first-order valence-corrected chi connectivity index (χ1v) is 8.80. The zero-order chi connectivity index (χ0) is 19.9. The highest BCUT2D eigenvalue weighted by atomic mass is 19.1. The van der Waals surface area contributed by atoms with E-state index in [1.54, 1.807) is 19.1 Å². The fourth-order valence-electron chi connectivity index (χ4n) is 3.70. The summed E-state index contributed by atoms with van der Waals surface area (Å²) in [6.07, 6.45) is -2.61. The van der Waals surface area contributed by atoms with Gasteiger partial charge < -0.3 is 24.6 Å². The topological polar surface area (TPSA) is 94.1 Å². The highest BCUT2D eigenvalue weighted by Crippen LogP contribution is 2.52. The Morgan fingerprint density at radius 3 is 2.25 bits per heavy atom. The van der Waals surface area contributed by atoms with E-state index in [2.05, 4.69) is 0 Å². The number of rotatable bonds is 4. The number of amides is 1. The summed E-state index contributed by atoms with van der Waals surface area (Å²) >= 11 is 0. The Labute approximate surface area is 160 Å². The lowest BCUT2D eigenvalue weighted by Crippen LogP contribution is -2.48. The normalized spacial score (nSPS) is 21.1. The highest BCUT2D eigenvalue weighted by Gasteiger charge is 2.52. The molecule has 2 aromatic carbocycles. The Morgan fingerprint density at radius 1 is 1.14 bits per heavy atom. The molecule has 146 valence electrons. The molecular formula is C20H18FNO6. The third kappa shape index (κ3) is 2.90. The Hall–Kier alpha value is -2.97. The highest BCUT2D eigenvalue weighted by molar-refractivity contribution is 5.79. The van der Waals surface area contributed by atoms with Crippen molar-refractivity contribution in [1.29, 1.82) is 0 Å². The van der Waals surface area contributed by atoms with Gasteiger partial charge in [0.1, 0.15) is 17.5 Å². The third-order valence-corrected chi connectivity index (χ3v) is 5.12. The molecule has 8 heteroatoms. The number of para-hydroxylation sites is 2. The molecular weight excluding hydrogens is 369 g/mol. The molecule has 1 saturated heterocycles. The molecule has 4 rings (SSSR count). The van der Waals surface area contributed by atoms with Crippen LogP contribution in [0.25, 0.3) is 0 Å². The summed E-state index contributed by atoms with van der Waals surface area (Å²) in [5, 5.41) is 11.2. The number of aliphatic carboxylic acids is 1. The van der Waals surface area contributed by atoms with Gasteiger partial charge in [-0.05, 0) is 24.3 Å². The van der Waals surface area contributed by atoms with Crippen molar-refractivity contribution in [2.24, 2.45) is 5.92 Å². The van der Waals surface area contributed by atoms with Gasteiger partial charge in [0.15, 0.2) is 0 Å². The van der Waals surface area contributed by atoms with Gasteiger partial charge in [-0.1, -0.05) is 31.2 Å². The van der Waals surface area contributed by atoms with Gasteiger partial charge in [0.2, 0.25) is 5.79 Å². The van der Waals surface area contributed by atoms with Crippen LogP contribution in [0, 0.1) is 5.92 Å². The van der Waals surface area contributed by atoms with E-state index in [0.717, 1.165) is 0 Å². The van der Waals surface area contributed by atoms with Crippen LogP contribution < -0.4 is 10.1 Å². The van der Waals surface area contributed by atoms with Crippen molar-refractivity contribution in [2.75, 3.05) is 6.61 Å². The molecule has 1 amide bonds. The van der Waals surface area contributed by atoms with E-state index in [1.807, 2.05) is 41.7 Å². The van der Waals surface area contributed by atoms with E-state index in [0.29, 0.717) is 22.6 Å². The molecule has 2 aliphatic heterocycles. The molecule has 28 heavy (non-hydrogen) atoms. The Bertz CT molecular complexity index is 887. The molecule has 1 fully saturated rings. The Balaban J connectivity index is 1.71. The van der Waals surface area contributed by atoms with Crippen molar-refractivity contribution in [3.8, 4) is 11.5 Å². The van der Waals surface area contributed by atoms with Gasteiger partial charge in [-0.25, -0.2) is 9.59 Å². The third-order valence-electron chi connectivity index (χ3n) is 5.12. The van der Waals surface area contributed by atoms with Gasteiger partial charge in [0.25, 0.3) is 0 Å². The maximum atomic E-state index is 12.8. The number of ether oxygens (including phenoxy) is 3. The lowest BCUT2D eigenvalue weighted by atomic mass is 9.92. The number of carboxylic acids is 1. The number of carboxylic acid groups (broad SMARTS) is 1. The standard InChI is InChI=1S/C20H18FNO6/c1-11(17(18(23)24)22-19(21)25)16-10-26-20(28-16)12-6-2-4-8-14(12)27-15-9-5-3-7-13(15)20/h2-9,11,16-17H,10H2,1H3,(H,22,25)(H,23,24)/t11-,16-,17-/m0/s1. The van der Waals surface area contributed by atoms with Crippen molar-refractivity contribution in [1.82, 2.24) is 5.32 Å². The first-order chi connectivity index (χ1) is 13.4. The average Bonchev–Trinajstić information content (AvgIpc) is 3.11. The first kappa shape index (κ1) is 18.4. The maximum Gasteiger partial charge on any atom is 0.398 e. The SMILES string of the molecule is C[C@@H]([C@@H]1COC2(O1)c1ccccc1Oc1ccccc12)[C@H](NC(=O)F)C(=O)O. The predicted molar refractivity (Wildman–Crippen MR) is 94.8 cm³/mol. The van der Waals surface area contributed by atoms with Gasteiger partial charge in [0, 0.05) is 5.92 Å². The van der Waals surface area contributed by atoms with E-state index in [-0.39, 0.29) is 6.61 Å². The summed E-state index contributed by atoms with van der Waals surface area (Å²) in [7, 11) is 0. The molecule has 0 saturated carbocycles. The number of halogens is 1. The molecule has 7 nitrogen and oxygen atoms in total. The molecule has 2 aromatic rings. The zero-order valence-corrected chi connectivity index (χ0v) is 14.9. The number of carbonyl (C=O) groups is 2. The van der Waals surface area contributed by atoms with Crippen LogP contribution in [0.2, 0.25) is 0 Å². The number of fused-ring (bicyclic) bond motifs is 4. The van der Waals surface area contributed by atoms with Crippen LogP contribution in [-0.4, -0.2) is 36.0 Å². The van der Waals surface area contributed by atoms with Crippen LogP contribution in [0.3, 0.4) is 0 Å². The zero-order valence-electron chi connectivity index (χ0n) is 14.9. The van der Waals surface area contributed by atoms with Gasteiger partial charge in [-0.2, -0.15) is 0 Å². The van der Waals surface area contributed by atoms with Gasteiger partial charge in [-0.15, -0.1) is 4.39 Å². The number of hydrogen-bond acceptors (Lipinski definition) is 5. The second-order valence-electron chi connectivity index (χ2n) is 6.77. The van der Waals surface area contributed by atoms with E-state index in [4.69, 9.17) is 14.2 Å². The van der Waals surface area contributed by atoms with Crippen LogP contribution in [0.5, 0.6) is 11.5 Å². The average molecular weight is 387 g/mol. The maximum absolute atomic E-state index is 12.8. The van der Waals surface area contributed by atoms with Gasteiger partial charge in [0.05, 0.1) is 23.8 Å². The molecule has 0 aliphatic carbocycles. The van der Waals surface area contributed by atoms with Crippen molar-refractivity contribution in [2.45, 2.75) is 24.9 Å². The quantitative estimate of drug-likeness (QED) is 0.618. The largest absolute Gasteiger partial charge is 0.480 e. The number of benzene rings is 2.